The Labute approximate surface area is 112 Å². The molecule has 5 nitrogen and oxygen atoms in total. The number of carboxylic acids is 1. The molecule has 0 spiro atoms. The van der Waals surface area contributed by atoms with Gasteiger partial charge >= 0.3 is 5.97 Å². The number of halogens is 1. The van der Waals surface area contributed by atoms with E-state index in [1.165, 1.54) is 0 Å². The number of amides is 1. The zero-order chi connectivity index (χ0) is 12.9. The lowest BCUT2D eigenvalue weighted by atomic mass is 9.89. The molecule has 0 aliphatic carbocycles. The highest BCUT2D eigenvalue weighted by Crippen LogP contribution is 2.42. The van der Waals surface area contributed by atoms with Crippen LogP contribution in [0.2, 0.25) is 0 Å². The number of aliphatic carboxylic acids is 1. The molecule has 2 bridgehead atoms. The summed E-state index contributed by atoms with van der Waals surface area (Å²) in [6.07, 6.45) is 2.23. The highest BCUT2D eigenvalue weighted by molar-refractivity contribution is 9.10. The van der Waals surface area contributed by atoms with Crippen LogP contribution in [0.4, 0.5) is 0 Å². The summed E-state index contributed by atoms with van der Waals surface area (Å²) in [4.78, 5) is 25.1. The van der Waals surface area contributed by atoms with Crippen molar-refractivity contribution in [1.82, 2.24) is 4.90 Å². The molecule has 0 saturated carbocycles. The number of furan rings is 1. The van der Waals surface area contributed by atoms with Crippen molar-refractivity contribution < 1.29 is 19.1 Å². The normalized spacial score (nSPS) is 29.8. The summed E-state index contributed by atoms with van der Waals surface area (Å²) in [5.74, 6) is -1.16. The summed E-state index contributed by atoms with van der Waals surface area (Å²) in [5, 5.41) is 9.14. The molecule has 6 heteroatoms. The van der Waals surface area contributed by atoms with E-state index in [1.807, 2.05) is 0 Å². The van der Waals surface area contributed by atoms with Gasteiger partial charge in [-0.1, -0.05) is 0 Å². The van der Waals surface area contributed by atoms with E-state index in [1.54, 1.807) is 17.0 Å². The zero-order valence-corrected chi connectivity index (χ0v) is 11.1. The van der Waals surface area contributed by atoms with Gasteiger partial charge in [0.05, 0.1) is 5.92 Å². The van der Waals surface area contributed by atoms with Gasteiger partial charge in [-0.3, -0.25) is 9.59 Å². The van der Waals surface area contributed by atoms with E-state index in [0.29, 0.717) is 11.1 Å². The Bertz CT molecular complexity index is 512. The molecule has 0 radical (unpaired) electrons. The topological polar surface area (TPSA) is 70.8 Å². The van der Waals surface area contributed by atoms with Gasteiger partial charge in [0, 0.05) is 12.1 Å². The maximum Gasteiger partial charge on any atom is 0.308 e. The third kappa shape index (κ3) is 1.67. The Kier molecular flexibility index (Phi) is 2.69. The standard InChI is InChI=1S/C12H12BrNO4/c13-10-4-3-9(18-10)11(15)14-6-1-2-8(14)7(5-6)12(16)17/h3-4,6-8H,1-2,5H2,(H,16,17). The molecule has 3 atom stereocenters. The summed E-state index contributed by atoms with van der Waals surface area (Å²) >= 11 is 3.16. The molecule has 2 aliphatic rings. The molecule has 0 aromatic carbocycles. The third-order valence-corrected chi connectivity index (χ3v) is 4.30. The van der Waals surface area contributed by atoms with Crippen LogP contribution in [0.1, 0.15) is 29.8 Å². The minimum Gasteiger partial charge on any atom is -0.481 e. The molecule has 2 aliphatic heterocycles. The van der Waals surface area contributed by atoms with Crippen molar-refractivity contribution in [2.75, 3.05) is 0 Å². The fourth-order valence-corrected chi connectivity index (χ4v) is 3.43. The van der Waals surface area contributed by atoms with Crippen LogP contribution in [-0.4, -0.2) is 34.0 Å². The number of nitrogens with zero attached hydrogens (tertiary/aromatic N) is 1. The van der Waals surface area contributed by atoms with Gasteiger partial charge < -0.3 is 14.4 Å². The highest BCUT2D eigenvalue weighted by Gasteiger charge is 2.51. The van der Waals surface area contributed by atoms with Crippen LogP contribution in [0, 0.1) is 5.92 Å². The smallest absolute Gasteiger partial charge is 0.308 e. The van der Waals surface area contributed by atoms with Gasteiger partial charge in [0.2, 0.25) is 0 Å². The summed E-state index contributed by atoms with van der Waals surface area (Å²) in [5.41, 5.74) is 0. The lowest BCUT2D eigenvalue weighted by Crippen LogP contribution is -2.37. The second kappa shape index (κ2) is 4.12. The monoisotopic (exact) mass is 313 g/mol. The number of carboxylic acid groups (broad SMARTS) is 1. The molecule has 3 rings (SSSR count). The Hall–Kier alpha value is -1.30. The molecule has 18 heavy (non-hydrogen) atoms. The predicted molar refractivity (Wildman–Crippen MR) is 65.1 cm³/mol. The SMILES string of the molecule is O=C(O)C1CC2CCC1N2C(=O)c1ccc(Br)o1. The number of carbonyl (C=O) groups is 2. The van der Waals surface area contributed by atoms with Gasteiger partial charge in [-0.25, -0.2) is 0 Å². The summed E-state index contributed by atoms with van der Waals surface area (Å²) in [7, 11) is 0. The van der Waals surface area contributed by atoms with Crippen LogP contribution in [0.15, 0.2) is 21.2 Å². The Morgan fingerprint density at radius 2 is 2.17 bits per heavy atom. The zero-order valence-electron chi connectivity index (χ0n) is 9.51. The van der Waals surface area contributed by atoms with Gasteiger partial charge in [-0.15, -0.1) is 0 Å². The van der Waals surface area contributed by atoms with Crippen molar-refractivity contribution in [1.29, 1.82) is 0 Å². The fraction of sp³-hybridized carbons (Fsp3) is 0.500. The summed E-state index contributed by atoms with van der Waals surface area (Å²) in [6, 6.07) is 3.15. The largest absolute Gasteiger partial charge is 0.481 e. The first kappa shape index (κ1) is 11.8. The number of hydrogen-bond acceptors (Lipinski definition) is 3. The average Bonchev–Trinajstić information content (AvgIpc) is 3.01. The molecule has 2 saturated heterocycles. The molecule has 2 fully saturated rings. The first-order valence-electron chi connectivity index (χ1n) is 5.88. The third-order valence-electron chi connectivity index (χ3n) is 3.87. The minimum atomic E-state index is -0.805. The van der Waals surface area contributed by atoms with Crippen molar-refractivity contribution in [2.45, 2.75) is 31.3 Å². The van der Waals surface area contributed by atoms with E-state index in [4.69, 9.17) is 9.52 Å². The van der Waals surface area contributed by atoms with Gasteiger partial charge in [-0.2, -0.15) is 0 Å². The van der Waals surface area contributed by atoms with Crippen molar-refractivity contribution in [3.8, 4) is 0 Å². The molecule has 3 unspecified atom stereocenters. The Morgan fingerprint density at radius 3 is 2.72 bits per heavy atom. The molecule has 1 aromatic rings. The molecular weight excluding hydrogens is 302 g/mol. The average molecular weight is 314 g/mol. The highest BCUT2D eigenvalue weighted by atomic mass is 79.9. The Balaban J connectivity index is 1.85. The van der Waals surface area contributed by atoms with Gasteiger partial charge in [0.1, 0.15) is 0 Å². The van der Waals surface area contributed by atoms with Gasteiger partial charge in [0.25, 0.3) is 5.91 Å². The van der Waals surface area contributed by atoms with Crippen LogP contribution in [-0.2, 0) is 4.79 Å². The molecule has 1 N–H and O–H groups in total. The fourth-order valence-electron chi connectivity index (χ4n) is 3.13. The molecule has 1 aromatic heterocycles. The van der Waals surface area contributed by atoms with Crippen LogP contribution >= 0.6 is 15.9 Å². The molecule has 3 heterocycles. The van der Waals surface area contributed by atoms with Gasteiger partial charge in [-0.05, 0) is 47.3 Å². The van der Waals surface area contributed by atoms with Crippen LogP contribution in [0.5, 0.6) is 0 Å². The van der Waals surface area contributed by atoms with E-state index >= 15 is 0 Å². The van der Waals surface area contributed by atoms with Gasteiger partial charge in [0.15, 0.2) is 10.4 Å². The van der Waals surface area contributed by atoms with E-state index in [9.17, 15) is 9.59 Å². The number of carbonyl (C=O) groups excluding carboxylic acids is 1. The van der Waals surface area contributed by atoms with Crippen LogP contribution < -0.4 is 0 Å². The van der Waals surface area contributed by atoms with E-state index in [2.05, 4.69) is 15.9 Å². The lowest BCUT2D eigenvalue weighted by Gasteiger charge is -2.21. The maximum atomic E-state index is 12.3. The molecule has 96 valence electrons. The predicted octanol–water partition coefficient (Wildman–Crippen LogP) is 2.12. The van der Waals surface area contributed by atoms with Crippen molar-refractivity contribution in [3.63, 3.8) is 0 Å². The Morgan fingerprint density at radius 1 is 1.39 bits per heavy atom. The van der Waals surface area contributed by atoms with E-state index in [0.717, 1.165) is 12.8 Å². The first-order chi connectivity index (χ1) is 8.58. The van der Waals surface area contributed by atoms with Crippen molar-refractivity contribution >= 4 is 27.8 Å². The number of fused-ring (bicyclic) bond motifs is 2. The quantitative estimate of drug-likeness (QED) is 0.908. The van der Waals surface area contributed by atoms with E-state index < -0.39 is 11.9 Å². The minimum absolute atomic E-state index is 0.0486. The summed E-state index contributed by atoms with van der Waals surface area (Å²) < 4.78 is 5.76. The second-order valence-electron chi connectivity index (χ2n) is 4.80. The first-order valence-corrected chi connectivity index (χ1v) is 6.68. The van der Waals surface area contributed by atoms with Crippen LogP contribution in [0.25, 0.3) is 0 Å². The van der Waals surface area contributed by atoms with Crippen molar-refractivity contribution in [2.24, 2.45) is 5.92 Å². The number of rotatable bonds is 2. The maximum absolute atomic E-state index is 12.3. The lowest BCUT2D eigenvalue weighted by molar-refractivity contribution is -0.142. The molecule has 1 amide bonds. The second-order valence-corrected chi connectivity index (χ2v) is 5.58. The number of hydrogen-bond donors (Lipinski definition) is 1. The molecular formula is C12H12BrNO4. The van der Waals surface area contributed by atoms with E-state index in [-0.39, 0.29) is 23.8 Å². The van der Waals surface area contributed by atoms with Crippen LogP contribution in [0.3, 0.4) is 0 Å². The summed E-state index contributed by atoms with van der Waals surface area (Å²) in [6.45, 7) is 0. The van der Waals surface area contributed by atoms with Crippen molar-refractivity contribution in [3.05, 3.63) is 22.6 Å².